The van der Waals surface area contributed by atoms with Crippen LogP contribution >= 0.6 is 0 Å². The molecule has 0 saturated heterocycles. The fourth-order valence-corrected chi connectivity index (χ4v) is 1.62. The van der Waals surface area contributed by atoms with E-state index in [1.54, 1.807) is 13.8 Å². The first kappa shape index (κ1) is 19.6. The van der Waals surface area contributed by atoms with Crippen LogP contribution in [0.5, 0.6) is 5.75 Å². The number of para-hydroxylation sites is 2. The number of benzene rings is 1. The molecular weight excluding hydrogens is 329 g/mol. The van der Waals surface area contributed by atoms with Crippen molar-refractivity contribution >= 4 is 17.7 Å². The van der Waals surface area contributed by atoms with E-state index in [0.29, 0.717) is 0 Å². The average molecular weight is 348 g/mol. The van der Waals surface area contributed by atoms with Crippen LogP contribution in [0.2, 0.25) is 0 Å². The molecule has 0 atom stereocenters. The van der Waals surface area contributed by atoms with Gasteiger partial charge in [0.15, 0.2) is 6.61 Å². The van der Waals surface area contributed by atoms with E-state index in [4.69, 9.17) is 4.74 Å². The Hall–Kier alpha value is -2.45. The Morgan fingerprint density at radius 3 is 2.50 bits per heavy atom. The summed E-state index contributed by atoms with van der Waals surface area (Å²) in [7, 11) is 0. The van der Waals surface area contributed by atoms with E-state index >= 15 is 0 Å². The molecule has 0 aromatic heterocycles. The van der Waals surface area contributed by atoms with Crippen LogP contribution in [-0.2, 0) is 9.53 Å². The van der Waals surface area contributed by atoms with Crippen molar-refractivity contribution in [2.24, 2.45) is 0 Å². The van der Waals surface area contributed by atoms with Crippen molar-refractivity contribution in [2.45, 2.75) is 32.5 Å². The molecule has 9 heteroatoms. The molecule has 0 spiro atoms. The predicted octanol–water partition coefficient (Wildman–Crippen LogP) is 3.09. The molecule has 1 aromatic carbocycles. The summed E-state index contributed by atoms with van der Waals surface area (Å²) in [5, 5.41) is 4.77. The van der Waals surface area contributed by atoms with Gasteiger partial charge in [-0.1, -0.05) is 12.1 Å². The number of nitrogens with one attached hydrogen (secondary N) is 2. The molecule has 134 valence electrons. The second kappa shape index (κ2) is 8.99. The lowest BCUT2D eigenvalue weighted by molar-refractivity contribution is -0.153. The quantitative estimate of drug-likeness (QED) is 0.743. The third kappa shape index (κ3) is 8.25. The normalized spacial score (nSPS) is 11.1. The number of esters is 1. The monoisotopic (exact) mass is 348 g/mol. The third-order valence-corrected chi connectivity index (χ3v) is 2.51. The molecular formula is C15H19F3N2O4. The molecule has 0 radical (unpaired) electrons. The standard InChI is InChI=1S/C15H19F3N2O4/c1-10(2)24-13(21)7-8-19-14(22)20-11-5-3-4-6-12(11)23-9-15(16,17)18/h3-6,10H,7-9H2,1-2H3,(H2,19,20,22). The van der Waals surface area contributed by atoms with Crippen molar-refractivity contribution < 1.29 is 32.2 Å². The molecule has 0 aliphatic rings. The molecule has 0 aliphatic carbocycles. The Kier molecular flexibility index (Phi) is 7.34. The van der Waals surface area contributed by atoms with Crippen molar-refractivity contribution in [2.75, 3.05) is 18.5 Å². The lowest BCUT2D eigenvalue weighted by Crippen LogP contribution is -2.31. The number of amides is 2. The number of carbonyl (C=O) groups is 2. The minimum absolute atomic E-state index is 0.0161. The maximum absolute atomic E-state index is 12.2. The smallest absolute Gasteiger partial charge is 0.422 e. The number of halogens is 3. The van der Waals surface area contributed by atoms with Gasteiger partial charge in [0.05, 0.1) is 18.2 Å². The summed E-state index contributed by atoms with van der Waals surface area (Å²) in [4.78, 5) is 23.0. The largest absolute Gasteiger partial charge is 0.482 e. The van der Waals surface area contributed by atoms with Crippen LogP contribution in [0, 0.1) is 0 Å². The van der Waals surface area contributed by atoms with Crippen molar-refractivity contribution in [3.05, 3.63) is 24.3 Å². The van der Waals surface area contributed by atoms with Gasteiger partial charge in [-0.25, -0.2) is 4.79 Å². The van der Waals surface area contributed by atoms with Gasteiger partial charge in [-0.2, -0.15) is 13.2 Å². The first-order chi connectivity index (χ1) is 11.2. The summed E-state index contributed by atoms with van der Waals surface area (Å²) in [6, 6.07) is 5.06. The second-order valence-electron chi connectivity index (χ2n) is 5.07. The van der Waals surface area contributed by atoms with Crippen molar-refractivity contribution in [1.82, 2.24) is 5.32 Å². The van der Waals surface area contributed by atoms with Crippen molar-refractivity contribution in [3.8, 4) is 5.75 Å². The van der Waals surface area contributed by atoms with Gasteiger partial charge in [-0.05, 0) is 26.0 Å². The highest BCUT2D eigenvalue weighted by atomic mass is 19.4. The highest BCUT2D eigenvalue weighted by Crippen LogP contribution is 2.26. The molecule has 0 unspecified atom stereocenters. The van der Waals surface area contributed by atoms with E-state index in [-0.39, 0.29) is 30.5 Å². The highest BCUT2D eigenvalue weighted by molar-refractivity contribution is 5.91. The average Bonchev–Trinajstić information content (AvgIpc) is 2.44. The van der Waals surface area contributed by atoms with Gasteiger partial charge >= 0.3 is 18.2 Å². The SMILES string of the molecule is CC(C)OC(=O)CCNC(=O)Nc1ccccc1OCC(F)(F)F. The van der Waals surface area contributed by atoms with Crippen LogP contribution < -0.4 is 15.4 Å². The number of hydrogen-bond acceptors (Lipinski definition) is 4. The molecule has 2 amide bonds. The van der Waals surface area contributed by atoms with E-state index in [1.165, 1.54) is 24.3 Å². The summed E-state index contributed by atoms with van der Waals surface area (Å²) in [5.41, 5.74) is 0.0870. The van der Waals surface area contributed by atoms with Crippen LogP contribution in [0.4, 0.5) is 23.7 Å². The topological polar surface area (TPSA) is 76.7 Å². The Bertz CT molecular complexity index is 562. The number of ether oxygens (including phenoxy) is 2. The Balaban J connectivity index is 2.48. The zero-order valence-electron chi connectivity index (χ0n) is 13.3. The summed E-state index contributed by atoms with van der Waals surface area (Å²) < 4.78 is 46.1. The Morgan fingerprint density at radius 1 is 1.21 bits per heavy atom. The van der Waals surface area contributed by atoms with E-state index in [9.17, 15) is 22.8 Å². The summed E-state index contributed by atoms with van der Waals surface area (Å²) in [6.07, 6.45) is -4.74. The number of rotatable bonds is 7. The van der Waals surface area contributed by atoms with Gasteiger partial charge in [0.25, 0.3) is 0 Å². The van der Waals surface area contributed by atoms with Gasteiger partial charge in [0.2, 0.25) is 0 Å². The molecule has 0 saturated carbocycles. The molecule has 0 fully saturated rings. The van der Waals surface area contributed by atoms with E-state index in [2.05, 4.69) is 15.4 Å². The number of carbonyl (C=O) groups excluding carboxylic acids is 2. The molecule has 24 heavy (non-hydrogen) atoms. The van der Waals surface area contributed by atoms with E-state index < -0.39 is 24.8 Å². The minimum atomic E-state index is -4.48. The Morgan fingerprint density at radius 2 is 1.88 bits per heavy atom. The predicted molar refractivity (Wildman–Crippen MR) is 80.9 cm³/mol. The fourth-order valence-electron chi connectivity index (χ4n) is 1.62. The molecule has 1 aromatic rings. The number of urea groups is 1. The van der Waals surface area contributed by atoms with Crippen LogP contribution in [0.25, 0.3) is 0 Å². The molecule has 0 aliphatic heterocycles. The fraction of sp³-hybridized carbons (Fsp3) is 0.467. The molecule has 0 heterocycles. The van der Waals surface area contributed by atoms with E-state index in [0.717, 1.165) is 0 Å². The van der Waals surface area contributed by atoms with Crippen LogP contribution in [0.1, 0.15) is 20.3 Å². The second-order valence-corrected chi connectivity index (χ2v) is 5.07. The first-order valence-corrected chi connectivity index (χ1v) is 7.20. The summed E-state index contributed by atoms with van der Waals surface area (Å²) in [6.45, 7) is 1.98. The number of anilines is 1. The van der Waals surface area contributed by atoms with Crippen molar-refractivity contribution in [3.63, 3.8) is 0 Å². The number of hydrogen-bond donors (Lipinski definition) is 2. The molecule has 0 bridgehead atoms. The van der Waals surface area contributed by atoms with Gasteiger partial charge in [-0.15, -0.1) is 0 Å². The van der Waals surface area contributed by atoms with Crippen LogP contribution in [0.15, 0.2) is 24.3 Å². The van der Waals surface area contributed by atoms with Crippen molar-refractivity contribution in [1.29, 1.82) is 0 Å². The van der Waals surface area contributed by atoms with E-state index in [1.807, 2.05) is 0 Å². The minimum Gasteiger partial charge on any atom is -0.482 e. The molecule has 2 N–H and O–H groups in total. The van der Waals surface area contributed by atoms with Crippen LogP contribution in [0.3, 0.4) is 0 Å². The molecule has 1 rings (SSSR count). The van der Waals surface area contributed by atoms with Gasteiger partial charge < -0.3 is 20.1 Å². The number of alkyl halides is 3. The van der Waals surface area contributed by atoms with Gasteiger partial charge in [0.1, 0.15) is 5.75 Å². The maximum Gasteiger partial charge on any atom is 0.422 e. The molecule has 6 nitrogen and oxygen atoms in total. The summed E-state index contributed by atoms with van der Waals surface area (Å²) in [5.74, 6) is -0.566. The van der Waals surface area contributed by atoms with Crippen LogP contribution in [-0.4, -0.2) is 37.4 Å². The third-order valence-electron chi connectivity index (χ3n) is 2.51. The first-order valence-electron chi connectivity index (χ1n) is 7.20. The zero-order valence-corrected chi connectivity index (χ0v) is 13.3. The van der Waals surface area contributed by atoms with Gasteiger partial charge in [-0.3, -0.25) is 4.79 Å². The summed E-state index contributed by atoms with van der Waals surface area (Å²) >= 11 is 0. The lowest BCUT2D eigenvalue weighted by atomic mass is 10.3. The Labute approximate surface area is 137 Å². The maximum atomic E-state index is 12.2. The zero-order chi connectivity index (χ0) is 18.2. The lowest BCUT2D eigenvalue weighted by Gasteiger charge is -2.14. The highest BCUT2D eigenvalue weighted by Gasteiger charge is 2.28. The van der Waals surface area contributed by atoms with Gasteiger partial charge in [0, 0.05) is 6.54 Å².